The maximum Gasteiger partial charge on any atom is 0.303 e. The smallest absolute Gasteiger partial charge is 0.303 e. The van der Waals surface area contributed by atoms with Gasteiger partial charge in [-0.05, 0) is 12.1 Å². The van der Waals surface area contributed by atoms with E-state index in [4.69, 9.17) is 9.84 Å². The lowest BCUT2D eigenvalue weighted by molar-refractivity contribution is -0.145. The summed E-state index contributed by atoms with van der Waals surface area (Å²) in [6.45, 7) is 1.17. The number of carbonyl (C=O) groups excluding carboxylic acids is 1. The second-order valence-electron chi connectivity index (χ2n) is 4.82. The van der Waals surface area contributed by atoms with Gasteiger partial charge >= 0.3 is 5.97 Å². The van der Waals surface area contributed by atoms with E-state index in [9.17, 15) is 14.0 Å². The number of carboxylic acids is 1. The van der Waals surface area contributed by atoms with Crippen LogP contribution in [0.3, 0.4) is 0 Å². The fraction of sp³-hybridized carbons (Fsp3) is 0.429. The van der Waals surface area contributed by atoms with Crippen LogP contribution in [0.2, 0.25) is 0 Å². The molecule has 108 valence electrons. The summed E-state index contributed by atoms with van der Waals surface area (Å²) < 4.78 is 18.2. The number of rotatable bonds is 6. The molecule has 1 heterocycles. The van der Waals surface area contributed by atoms with Gasteiger partial charge in [0.2, 0.25) is 5.91 Å². The van der Waals surface area contributed by atoms with Crippen molar-refractivity contribution in [3.8, 4) is 5.75 Å². The first kappa shape index (κ1) is 14.3. The van der Waals surface area contributed by atoms with Crippen LogP contribution in [-0.2, 0) is 9.59 Å². The lowest BCUT2D eigenvalue weighted by Gasteiger charge is -2.38. The van der Waals surface area contributed by atoms with Gasteiger partial charge < -0.3 is 14.7 Å². The first-order valence-electron chi connectivity index (χ1n) is 6.42. The molecule has 20 heavy (non-hydrogen) atoms. The molecule has 0 unspecified atom stereocenters. The summed E-state index contributed by atoms with van der Waals surface area (Å²) in [5.74, 6) is -0.835. The summed E-state index contributed by atoms with van der Waals surface area (Å²) >= 11 is 0. The number of hydrogen-bond acceptors (Lipinski definition) is 3. The van der Waals surface area contributed by atoms with Crippen LogP contribution >= 0.6 is 0 Å². The van der Waals surface area contributed by atoms with Crippen molar-refractivity contribution >= 4 is 11.9 Å². The van der Waals surface area contributed by atoms with E-state index in [0.717, 1.165) is 0 Å². The Balaban J connectivity index is 1.65. The highest BCUT2D eigenvalue weighted by Gasteiger charge is 2.31. The molecular formula is C14H16FNO4. The van der Waals surface area contributed by atoms with Gasteiger partial charge in [-0.25, -0.2) is 4.39 Å². The predicted octanol–water partition coefficient (Wildman–Crippen LogP) is 1.53. The summed E-state index contributed by atoms with van der Waals surface area (Å²) in [7, 11) is 0. The monoisotopic (exact) mass is 281 g/mol. The Kier molecular flexibility index (Phi) is 4.55. The van der Waals surface area contributed by atoms with Gasteiger partial charge in [0.1, 0.15) is 11.6 Å². The van der Waals surface area contributed by atoms with Crippen molar-refractivity contribution in [2.45, 2.75) is 12.8 Å². The molecule has 0 bridgehead atoms. The molecule has 0 spiro atoms. The molecule has 0 aromatic heterocycles. The number of carbonyl (C=O) groups is 2. The number of halogens is 1. The Hall–Kier alpha value is -2.11. The Morgan fingerprint density at radius 1 is 1.40 bits per heavy atom. The third kappa shape index (κ3) is 3.94. The Bertz CT molecular complexity index is 500. The molecule has 5 nitrogen and oxygen atoms in total. The molecule has 1 aromatic rings. The normalized spacial score (nSPS) is 14.8. The number of amides is 1. The molecule has 0 saturated carbocycles. The fourth-order valence-corrected chi connectivity index (χ4v) is 2.12. The minimum absolute atomic E-state index is 0.0561. The van der Waals surface area contributed by atoms with Crippen molar-refractivity contribution < 1.29 is 23.8 Å². The van der Waals surface area contributed by atoms with E-state index in [1.807, 2.05) is 0 Å². The van der Waals surface area contributed by atoms with Gasteiger partial charge in [-0.15, -0.1) is 0 Å². The minimum atomic E-state index is -0.837. The Morgan fingerprint density at radius 3 is 2.80 bits per heavy atom. The summed E-state index contributed by atoms with van der Waals surface area (Å²) in [5.41, 5.74) is 0. The maximum atomic E-state index is 12.9. The quantitative estimate of drug-likeness (QED) is 0.858. The van der Waals surface area contributed by atoms with Crippen LogP contribution in [0.5, 0.6) is 5.75 Å². The van der Waals surface area contributed by atoms with Crippen LogP contribution in [0.1, 0.15) is 12.8 Å². The molecule has 1 saturated heterocycles. The lowest BCUT2D eigenvalue weighted by atomic mass is 9.96. The van der Waals surface area contributed by atoms with Gasteiger partial charge in [-0.2, -0.15) is 0 Å². The van der Waals surface area contributed by atoms with E-state index in [2.05, 4.69) is 0 Å². The van der Waals surface area contributed by atoms with Crippen molar-refractivity contribution in [1.82, 2.24) is 4.90 Å². The van der Waals surface area contributed by atoms with Crippen LogP contribution in [0.4, 0.5) is 4.39 Å². The van der Waals surface area contributed by atoms with E-state index in [1.54, 1.807) is 17.0 Å². The molecule has 0 atom stereocenters. The Morgan fingerprint density at radius 2 is 2.15 bits per heavy atom. The average Bonchev–Trinajstić information content (AvgIpc) is 2.33. The second-order valence-corrected chi connectivity index (χ2v) is 4.82. The molecule has 0 radical (unpaired) electrons. The highest BCUT2D eigenvalue weighted by molar-refractivity contribution is 5.77. The fourth-order valence-electron chi connectivity index (χ4n) is 2.12. The van der Waals surface area contributed by atoms with Crippen molar-refractivity contribution in [2.75, 3.05) is 19.7 Å². The third-order valence-corrected chi connectivity index (χ3v) is 3.15. The lowest BCUT2D eigenvalue weighted by Crippen LogP contribution is -2.50. The third-order valence-electron chi connectivity index (χ3n) is 3.15. The van der Waals surface area contributed by atoms with E-state index >= 15 is 0 Å². The van der Waals surface area contributed by atoms with E-state index < -0.39 is 5.97 Å². The largest absolute Gasteiger partial charge is 0.493 e. The van der Waals surface area contributed by atoms with Crippen LogP contribution in [0.25, 0.3) is 0 Å². The first-order valence-corrected chi connectivity index (χ1v) is 6.42. The number of aliphatic carboxylic acids is 1. The minimum Gasteiger partial charge on any atom is -0.493 e. The highest BCUT2D eigenvalue weighted by atomic mass is 19.1. The molecule has 1 fully saturated rings. The summed E-state index contributed by atoms with van der Waals surface area (Å²) in [5, 5.41) is 8.61. The zero-order valence-electron chi connectivity index (χ0n) is 10.9. The van der Waals surface area contributed by atoms with Crippen LogP contribution in [0.15, 0.2) is 24.3 Å². The maximum absolute atomic E-state index is 12.9. The van der Waals surface area contributed by atoms with Crippen molar-refractivity contribution in [1.29, 1.82) is 0 Å². The van der Waals surface area contributed by atoms with Crippen molar-refractivity contribution in [2.24, 2.45) is 5.92 Å². The van der Waals surface area contributed by atoms with E-state index in [-0.39, 0.29) is 37.1 Å². The standard InChI is InChI=1S/C14H16FNO4/c15-11-2-1-3-12(7-11)20-5-4-13(17)16-8-10(9-16)6-14(18)19/h1-3,7,10H,4-6,8-9H2,(H,18,19). The number of carboxylic acid groups (broad SMARTS) is 1. The molecular weight excluding hydrogens is 265 g/mol. The topological polar surface area (TPSA) is 66.8 Å². The Labute approximate surface area is 116 Å². The number of likely N-dealkylation sites (tertiary alicyclic amines) is 1. The molecule has 1 amide bonds. The number of benzene rings is 1. The summed E-state index contributed by atoms with van der Waals surface area (Å²) in [6, 6.07) is 5.75. The predicted molar refractivity (Wildman–Crippen MR) is 68.8 cm³/mol. The summed E-state index contributed by atoms with van der Waals surface area (Å²) in [6.07, 6.45) is 0.305. The second kappa shape index (κ2) is 6.36. The van der Waals surface area contributed by atoms with Gasteiger partial charge in [-0.3, -0.25) is 9.59 Å². The zero-order valence-corrected chi connectivity index (χ0v) is 10.9. The molecule has 1 N–H and O–H groups in total. The molecule has 1 aliphatic rings. The highest BCUT2D eigenvalue weighted by Crippen LogP contribution is 2.20. The molecule has 1 aromatic carbocycles. The molecule has 0 aliphatic carbocycles. The van der Waals surface area contributed by atoms with Crippen molar-refractivity contribution in [3.05, 3.63) is 30.1 Å². The van der Waals surface area contributed by atoms with Crippen LogP contribution < -0.4 is 4.74 Å². The molecule has 1 aliphatic heterocycles. The first-order chi connectivity index (χ1) is 9.54. The van der Waals surface area contributed by atoms with Gasteiger partial charge in [0.25, 0.3) is 0 Å². The summed E-state index contributed by atoms with van der Waals surface area (Å²) in [4.78, 5) is 23.8. The van der Waals surface area contributed by atoms with Gasteiger partial charge in [0, 0.05) is 25.1 Å². The van der Waals surface area contributed by atoms with Gasteiger partial charge in [0.15, 0.2) is 0 Å². The van der Waals surface area contributed by atoms with Crippen LogP contribution in [0, 0.1) is 11.7 Å². The number of nitrogens with zero attached hydrogens (tertiary/aromatic N) is 1. The average molecular weight is 281 g/mol. The number of ether oxygens (including phenoxy) is 1. The van der Waals surface area contributed by atoms with E-state index in [1.165, 1.54) is 12.1 Å². The number of hydrogen-bond donors (Lipinski definition) is 1. The molecule has 6 heteroatoms. The van der Waals surface area contributed by atoms with Crippen molar-refractivity contribution in [3.63, 3.8) is 0 Å². The zero-order chi connectivity index (χ0) is 14.5. The molecule has 2 rings (SSSR count). The van der Waals surface area contributed by atoms with Gasteiger partial charge in [0.05, 0.1) is 19.4 Å². The van der Waals surface area contributed by atoms with E-state index in [0.29, 0.717) is 18.8 Å². The SMILES string of the molecule is O=C(O)CC1CN(C(=O)CCOc2cccc(F)c2)C1. The van der Waals surface area contributed by atoms with Crippen LogP contribution in [-0.4, -0.2) is 41.6 Å². The van der Waals surface area contributed by atoms with Gasteiger partial charge in [-0.1, -0.05) is 6.07 Å².